The summed E-state index contributed by atoms with van der Waals surface area (Å²) >= 11 is 0. The Morgan fingerprint density at radius 2 is 2.06 bits per heavy atom. The largest absolute Gasteiger partial charge is 0.395 e. The zero-order valence-corrected chi connectivity index (χ0v) is 8.95. The summed E-state index contributed by atoms with van der Waals surface area (Å²) in [6, 6.07) is 7.89. The molecule has 0 aliphatic heterocycles. The Kier molecular flexibility index (Phi) is 3.34. The van der Waals surface area contributed by atoms with Crippen molar-refractivity contribution >= 4 is 0 Å². The lowest BCUT2D eigenvalue weighted by atomic mass is 10.1. The van der Waals surface area contributed by atoms with Crippen LogP contribution in [-0.4, -0.2) is 27.3 Å². The first-order chi connectivity index (χ1) is 7.79. The number of aromatic nitrogens is 2. The zero-order chi connectivity index (χ0) is 11.4. The van der Waals surface area contributed by atoms with Gasteiger partial charge < -0.3 is 15.4 Å². The van der Waals surface area contributed by atoms with Crippen LogP contribution in [0.2, 0.25) is 0 Å². The molecule has 1 aromatic carbocycles. The van der Waals surface area contributed by atoms with E-state index in [1.165, 1.54) is 0 Å². The maximum absolute atomic E-state index is 8.86. The molecule has 0 saturated heterocycles. The lowest BCUT2D eigenvalue weighted by Gasteiger charge is -2.08. The summed E-state index contributed by atoms with van der Waals surface area (Å²) in [5.41, 5.74) is 7.87. The van der Waals surface area contributed by atoms with Crippen molar-refractivity contribution < 1.29 is 5.11 Å². The molecular formula is C12H15N3O. The highest BCUT2D eigenvalue weighted by molar-refractivity contribution is 5.34. The Morgan fingerprint density at radius 1 is 1.31 bits per heavy atom. The molecule has 1 atom stereocenters. The standard InChI is InChI=1S/C12H15N3O/c13-11(8-16)7-10-1-3-12(4-2-10)15-6-5-14-9-15/h1-6,9,11,16H,7-8,13H2. The summed E-state index contributed by atoms with van der Waals surface area (Å²) in [5, 5.41) is 8.86. The number of aliphatic hydroxyl groups excluding tert-OH is 1. The molecular weight excluding hydrogens is 202 g/mol. The fourth-order valence-electron chi connectivity index (χ4n) is 1.58. The summed E-state index contributed by atoms with van der Waals surface area (Å²) in [6.07, 6.45) is 6.10. The van der Waals surface area contributed by atoms with Gasteiger partial charge in [-0.1, -0.05) is 12.1 Å². The third-order valence-corrected chi connectivity index (χ3v) is 2.47. The van der Waals surface area contributed by atoms with Gasteiger partial charge in [-0.25, -0.2) is 4.98 Å². The van der Waals surface area contributed by atoms with E-state index in [0.29, 0.717) is 6.42 Å². The summed E-state index contributed by atoms with van der Waals surface area (Å²) in [6.45, 7) is 0.0171. The molecule has 84 valence electrons. The molecule has 3 N–H and O–H groups in total. The molecule has 0 saturated carbocycles. The maximum atomic E-state index is 8.86. The SMILES string of the molecule is NC(CO)Cc1ccc(-n2ccnc2)cc1. The van der Waals surface area contributed by atoms with Crippen LogP contribution in [0.5, 0.6) is 0 Å². The van der Waals surface area contributed by atoms with Gasteiger partial charge in [0.05, 0.1) is 12.9 Å². The minimum absolute atomic E-state index is 0.0171. The van der Waals surface area contributed by atoms with Gasteiger partial charge in [-0.3, -0.25) is 0 Å². The number of aliphatic hydroxyl groups is 1. The molecule has 1 heterocycles. The van der Waals surface area contributed by atoms with E-state index in [4.69, 9.17) is 10.8 Å². The van der Waals surface area contributed by atoms with Crippen LogP contribution in [0.25, 0.3) is 5.69 Å². The Balaban J connectivity index is 2.11. The van der Waals surface area contributed by atoms with Crippen molar-refractivity contribution in [3.63, 3.8) is 0 Å². The van der Waals surface area contributed by atoms with Crippen molar-refractivity contribution in [3.05, 3.63) is 48.5 Å². The molecule has 16 heavy (non-hydrogen) atoms. The predicted octanol–water partition coefficient (Wildman–Crippen LogP) is 0.734. The van der Waals surface area contributed by atoms with Gasteiger partial charge in [0.2, 0.25) is 0 Å². The van der Waals surface area contributed by atoms with Crippen LogP contribution in [0.1, 0.15) is 5.56 Å². The van der Waals surface area contributed by atoms with Crippen LogP contribution in [0.4, 0.5) is 0 Å². The molecule has 1 unspecified atom stereocenters. The quantitative estimate of drug-likeness (QED) is 0.793. The monoisotopic (exact) mass is 217 g/mol. The van der Waals surface area contributed by atoms with Gasteiger partial charge in [-0.05, 0) is 24.1 Å². The smallest absolute Gasteiger partial charge is 0.0991 e. The third-order valence-electron chi connectivity index (χ3n) is 2.47. The first-order valence-corrected chi connectivity index (χ1v) is 5.23. The number of nitrogens with zero attached hydrogens (tertiary/aromatic N) is 2. The van der Waals surface area contributed by atoms with Gasteiger partial charge in [-0.15, -0.1) is 0 Å². The normalized spacial score (nSPS) is 12.6. The number of hydrogen-bond donors (Lipinski definition) is 2. The highest BCUT2D eigenvalue weighted by Crippen LogP contribution is 2.10. The van der Waals surface area contributed by atoms with E-state index >= 15 is 0 Å². The summed E-state index contributed by atoms with van der Waals surface area (Å²) in [7, 11) is 0. The fraction of sp³-hybridized carbons (Fsp3) is 0.250. The van der Waals surface area contributed by atoms with Crippen LogP contribution in [0.15, 0.2) is 43.0 Å². The fourth-order valence-corrected chi connectivity index (χ4v) is 1.58. The number of nitrogens with two attached hydrogens (primary N) is 1. The van der Waals surface area contributed by atoms with Crippen molar-refractivity contribution in [1.29, 1.82) is 0 Å². The van der Waals surface area contributed by atoms with Crippen LogP contribution in [0.3, 0.4) is 0 Å². The van der Waals surface area contributed by atoms with Crippen LogP contribution >= 0.6 is 0 Å². The third kappa shape index (κ3) is 2.48. The first-order valence-electron chi connectivity index (χ1n) is 5.23. The molecule has 0 fully saturated rings. The molecule has 0 aliphatic carbocycles. The number of hydrogen-bond acceptors (Lipinski definition) is 3. The minimum Gasteiger partial charge on any atom is -0.395 e. The van der Waals surface area contributed by atoms with E-state index in [9.17, 15) is 0 Å². The summed E-state index contributed by atoms with van der Waals surface area (Å²) in [5.74, 6) is 0. The maximum Gasteiger partial charge on any atom is 0.0991 e. The van der Waals surface area contributed by atoms with Gasteiger partial charge in [0.1, 0.15) is 0 Å². The molecule has 2 rings (SSSR count). The van der Waals surface area contributed by atoms with Gasteiger partial charge in [0.15, 0.2) is 0 Å². The summed E-state index contributed by atoms with van der Waals surface area (Å²) in [4.78, 5) is 3.99. The van der Waals surface area contributed by atoms with Crippen molar-refractivity contribution in [2.24, 2.45) is 5.73 Å². The molecule has 4 heteroatoms. The van der Waals surface area contributed by atoms with E-state index in [0.717, 1.165) is 11.3 Å². The van der Waals surface area contributed by atoms with E-state index in [-0.39, 0.29) is 12.6 Å². The molecule has 2 aromatic rings. The second-order valence-corrected chi connectivity index (χ2v) is 3.78. The van der Waals surface area contributed by atoms with Crippen molar-refractivity contribution in [1.82, 2.24) is 9.55 Å². The highest BCUT2D eigenvalue weighted by Gasteiger charge is 2.02. The first kappa shape index (κ1) is 10.9. The number of imidazole rings is 1. The van der Waals surface area contributed by atoms with Crippen LogP contribution in [-0.2, 0) is 6.42 Å². The van der Waals surface area contributed by atoms with Gasteiger partial charge in [0, 0.05) is 24.1 Å². The lowest BCUT2D eigenvalue weighted by Crippen LogP contribution is -2.26. The zero-order valence-electron chi connectivity index (χ0n) is 8.95. The van der Waals surface area contributed by atoms with E-state index in [1.807, 2.05) is 35.0 Å². The number of rotatable bonds is 4. The Morgan fingerprint density at radius 3 is 2.62 bits per heavy atom. The molecule has 0 aliphatic rings. The van der Waals surface area contributed by atoms with Gasteiger partial charge in [-0.2, -0.15) is 0 Å². The second-order valence-electron chi connectivity index (χ2n) is 3.78. The summed E-state index contributed by atoms with van der Waals surface area (Å²) < 4.78 is 1.94. The Labute approximate surface area is 94.4 Å². The molecule has 1 aromatic heterocycles. The van der Waals surface area contributed by atoms with Gasteiger partial charge in [0.25, 0.3) is 0 Å². The van der Waals surface area contributed by atoms with E-state index < -0.39 is 0 Å². The molecule has 0 radical (unpaired) electrons. The highest BCUT2D eigenvalue weighted by atomic mass is 16.3. The molecule has 0 bridgehead atoms. The van der Waals surface area contributed by atoms with Crippen molar-refractivity contribution in [2.45, 2.75) is 12.5 Å². The average molecular weight is 217 g/mol. The van der Waals surface area contributed by atoms with Crippen molar-refractivity contribution in [3.8, 4) is 5.69 Å². The average Bonchev–Trinajstić information content (AvgIpc) is 2.83. The Hall–Kier alpha value is -1.65. The predicted molar refractivity (Wildman–Crippen MR) is 62.3 cm³/mol. The van der Waals surface area contributed by atoms with E-state index in [2.05, 4.69) is 4.98 Å². The van der Waals surface area contributed by atoms with Gasteiger partial charge >= 0.3 is 0 Å². The minimum atomic E-state index is -0.181. The number of benzene rings is 1. The second kappa shape index (κ2) is 4.92. The molecule has 0 amide bonds. The van der Waals surface area contributed by atoms with Crippen LogP contribution < -0.4 is 5.73 Å². The molecule has 0 spiro atoms. The molecule has 4 nitrogen and oxygen atoms in total. The Bertz CT molecular complexity index is 422. The topological polar surface area (TPSA) is 64.1 Å². The lowest BCUT2D eigenvalue weighted by molar-refractivity contribution is 0.265. The van der Waals surface area contributed by atoms with E-state index in [1.54, 1.807) is 12.5 Å². The van der Waals surface area contributed by atoms with Crippen molar-refractivity contribution in [2.75, 3.05) is 6.61 Å². The van der Waals surface area contributed by atoms with Crippen LogP contribution in [0, 0.1) is 0 Å².